The van der Waals surface area contributed by atoms with Crippen molar-refractivity contribution in [2.24, 2.45) is 5.41 Å². The molecule has 0 fully saturated rings. The van der Waals surface area contributed by atoms with Gasteiger partial charge in [0, 0.05) is 0 Å². The van der Waals surface area contributed by atoms with Crippen molar-refractivity contribution in [3.05, 3.63) is 52.6 Å². The number of hydrogen-bond acceptors (Lipinski definition) is 0. The maximum Gasteiger partial charge on any atom is -0.00526 e. The minimum absolute atomic E-state index is 0.215. The summed E-state index contributed by atoms with van der Waals surface area (Å²) in [5.41, 5.74) is 9.05. The maximum absolute atomic E-state index is 2.40. The molecule has 0 aromatic rings. The van der Waals surface area contributed by atoms with E-state index in [1.165, 1.54) is 27.8 Å². The molecule has 0 radical (unpaired) electrons. The van der Waals surface area contributed by atoms with Gasteiger partial charge in [0.2, 0.25) is 0 Å². The first-order valence-corrected chi connectivity index (χ1v) is 7.93. The highest BCUT2D eigenvalue weighted by Gasteiger charge is 2.24. The summed E-state index contributed by atoms with van der Waals surface area (Å²) < 4.78 is 0. The average molecular weight is 278 g/mol. The van der Waals surface area contributed by atoms with Crippen LogP contribution >= 0.6 is 0 Å². The second kappa shape index (κ2) is 4.47. The zero-order valence-corrected chi connectivity index (χ0v) is 14.2. The Bertz CT molecular complexity index is 687. The minimum atomic E-state index is 0.215. The van der Waals surface area contributed by atoms with Crippen molar-refractivity contribution in [3.8, 4) is 11.1 Å². The lowest BCUT2D eigenvalue weighted by Crippen LogP contribution is -2.08. The number of allylic oxidation sites excluding steroid dienone is 1. The van der Waals surface area contributed by atoms with Gasteiger partial charge >= 0.3 is 0 Å². The van der Waals surface area contributed by atoms with Crippen LogP contribution in [0.15, 0.2) is 35.9 Å². The highest BCUT2D eigenvalue weighted by atomic mass is 14.3. The van der Waals surface area contributed by atoms with E-state index in [2.05, 4.69) is 78.0 Å². The van der Waals surface area contributed by atoms with Crippen LogP contribution in [0.25, 0.3) is 17.2 Å². The molecule has 3 rings (SSSR count). The van der Waals surface area contributed by atoms with E-state index in [1.807, 2.05) is 0 Å². The first-order valence-electron chi connectivity index (χ1n) is 7.93. The first kappa shape index (κ1) is 14.4. The van der Waals surface area contributed by atoms with Crippen LogP contribution in [0, 0.1) is 5.41 Å². The summed E-state index contributed by atoms with van der Waals surface area (Å²) >= 11 is 0. The van der Waals surface area contributed by atoms with Gasteiger partial charge in [-0.05, 0) is 51.1 Å². The summed E-state index contributed by atoms with van der Waals surface area (Å²) in [7, 11) is 0. The van der Waals surface area contributed by atoms with Crippen LogP contribution in [0.1, 0.15) is 58.2 Å². The quantitative estimate of drug-likeness (QED) is 0.548. The number of hydrogen-bond donors (Lipinski definition) is 0. The molecule has 0 nitrogen and oxygen atoms in total. The van der Waals surface area contributed by atoms with Gasteiger partial charge in [0.15, 0.2) is 0 Å². The molecule has 0 heterocycles. The first-order chi connectivity index (χ1) is 9.64. The van der Waals surface area contributed by atoms with Crippen LogP contribution in [0.3, 0.4) is 0 Å². The van der Waals surface area contributed by atoms with Crippen molar-refractivity contribution in [1.29, 1.82) is 0 Å². The van der Waals surface area contributed by atoms with E-state index in [9.17, 15) is 0 Å². The molecule has 3 aliphatic carbocycles. The van der Waals surface area contributed by atoms with Gasteiger partial charge in [-0.3, -0.25) is 0 Å². The molecule has 0 aromatic carbocycles. The Morgan fingerprint density at radius 3 is 2.05 bits per heavy atom. The van der Waals surface area contributed by atoms with Crippen molar-refractivity contribution < 1.29 is 0 Å². The Hall–Kier alpha value is -1.56. The fourth-order valence-corrected chi connectivity index (χ4v) is 3.01. The normalized spacial score (nSPS) is 15.2. The SMILES string of the molecule is CC(C)(C)C1=Cc2cc3cc(C(C)(C)C)cc-3ccc2C1. The third-order valence-electron chi connectivity index (χ3n) is 4.64. The van der Waals surface area contributed by atoms with Crippen LogP contribution in [0.4, 0.5) is 0 Å². The smallest absolute Gasteiger partial charge is 0.00526 e. The molecule has 0 saturated heterocycles. The van der Waals surface area contributed by atoms with E-state index in [1.54, 1.807) is 5.57 Å². The molecular formula is C21H26. The monoisotopic (exact) mass is 278 g/mol. The Balaban J connectivity index is 2.10. The van der Waals surface area contributed by atoms with E-state index in [0.717, 1.165) is 6.42 Å². The third-order valence-corrected chi connectivity index (χ3v) is 4.64. The predicted octanol–water partition coefficient (Wildman–Crippen LogP) is 6.07. The standard InChI is InChI=1S/C21H26/c1-20(2,3)18-10-14-7-8-15-11-19(21(4,5)6)13-17(15)9-16(14)12-18/h7-10,12-13H,11H2,1-6H3. The largest absolute Gasteiger partial charge is 0.0598 e. The lowest BCUT2D eigenvalue weighted by atomic mass is 9.85. The van der Waals surface area contributed by atoms with E-state index in [4.69, 9.17) is 0 Å². The van der Waals surface area contributed by atoms with Crippen molar-refractivity contribution >= 4 is 6.08 Å². The average Bonchev–Trinajstić information content (AvgIpc) is 2.88. The molecule has 0 unspecified atom stereocenters. The highest BCUT2D eigenvalue weighted by molar-refractivity contribution is 5.75. The summed E-state index contributed by atoms with van der Waals surface area (Å²) in [5, 5.41) is 0. The lowest BCUT2D eigenvalue weighted by molar-refractivity contribution is 0.498. The molecule has 0 bridgehead atoms. The Morgan fingerprint density at radius 1 is 0.762 bits per heavy atom. The Kier molecular flexibility index (Phi) is 3.06. The summed E-state index contributed by atoms with van der Waals surface area (Å²) in [5.74, 6) is 0. The molecular weight excluding hydrogens is 252 g/mol. The topological polar surface area (TPSA) is 0 Å². The molecule has 0 heteroatoms. The number of fused-ring (bicyclic) bond motifs is 2. The molecule has 0 spiro atoms. The molecule has 0 aromatic heterocycles. The van der Waals surface area contributed by atoms with Gasteiger partial charge in [-0.1, -0.05) is 77.5 Å². The van der Waals surface area contributed by atoms with Crippen LogP contribution < -0.4 is 0 Å². The van der Waals surface area contributed by atoms with Gasteiger partial charge < -0.3 is 0 Å². The molecule has 110 valence electrons. The Labute approximate surface area is 129 Å². The molecule has 0 atom stereocenters. The van der Waals surface area contributed by atoms with E-state index >= 15 is 0 Å². The van der Waals surface area contributed by atoms with Crippen LogP contribution in [0.5, 0.6) is 0 Å². The Morgan fingerprint density at radius 2 is 1.43 bits per heavy atom. The summed E-state index contributed by atoms with van der Waals surface area (Å²) in [6.07, 6.45) is 3.50. The zero-order chi connectivity index (χ0) is 15.4. The van der Waals surface area contributed by atoms with E-state index < -0.39 is 0 Å². The molecule has 0 amide bonds. The van der Waals surface area contributed by atoms with Gasteiger partial charge in [-0.25, -0.2) is 0 Å². The molecule has 0 aliphatic heterocycles. The molecule has 0 N–H and O–H groups in total. The third kappa shape index (κ3) is 2.64. The van der Waals surface area contributed by atoms with Crippen LogP contribution in [-0.2, 0) is 11.8 Å². The van der Waals surface area contributed by atoms with Gasteiger partial charge in [-0.2, -0.15) is 0 Å². The van der Waals surface area contributed by atoms with E-state index in [0.29, 0.717) is 0 Å². The van der Waals surface area contributed by atoms with Gasteiger partial charge in [0.05, 0.1) is 0 Å². The van der Waals surface area contributed by atoms with Gasteiger partial charge in [0.1, 0.15) is 0 Å². The van der Waals surface area contributed by atoms with Crippen LogP contribution in [0.2, 0.25) is 0 Å². The lowest BCUT2D eigenvalue weighted by Gasteiger charge is -2.20. The fourth-order valence-electron chi connectivity index (χ4n) is 3.01. The summed E-state index contributed by atoms with van der Waals surface area (Å²) in [6, 6.07) is 11.7. The predicted molar refractivity (Wildman–Crippen MR) is 92.9 cm³/mol. The fraction of sp³-hybridized carbons (Fsp3) is 0.429. The molecule has 21 heavy (non-hydrogen) atoms. The number of rotatable bonds is 0. The molecule has 3 aliphatic rings. The van der Waals surface area contributed by atoms with Crippen LogP contribution in [-0.4, -0.2) is 0 Å². The maximum atomic E-state index is 2.40. The summed E-state index contributed by atoms with van der Waals surface area (Å²) in [6.45, 7) is 13.8. The van der Waals surface area contributed by atoms with Crippen molar-refractivity contribution in [3.63, 3.8) is 0 Å². The second-order valence-electron chi connectivity index (χ2n) is 8.46. The van der Waals surface area contributed by atoms with Gasteiger partial charge in [-0.15, -0.1) is 0 Å². The van der Waals surface area contributed by atoms with Crippen molar-refractivity contribution in [1.82, 2.24) is 0 Å². The molecule has 0 saturated carbocycles. The highest BCUT2D eigenvalue weighted by Crippen LogP contribution is 2.39. The van der Waals surface area contributed by atoms with Crippen molar-refractivity contribution in [2.75, 3.05) is 0 Å². The minimum Gasteiger partial charge on any atom is -0.0598 e. The zero-order valence-electron chi connectivity index (χ0n) is 14.2. The van der Waals surface area contributed by atoms with Gasteiger partial charge in [0.25, 0.3) is 0 Å². The summed E-state index contributed by atoms with van der Waals surface area (Å²) in [4.78, 5) is 0. The second-order valence-corrected chi connectivity index (χ2v) is 8.46. The van der Waals surface area contributed by atoms with E-state index in [-0.39, 0.29) is 10.8 Å². The van der Waals surface area contributed by atoms with Crippen molar-refractivity contribution in [2.45, 2.75) is 53.4 Å².